The lowest BCUT2D eigenvalue weighted by Crippen LogP contribution is -2.50. The van der Waals surface area contributed by atoms with Crippen molar-refractivity contribution in [2.45, 2.75) is 32.3 Å². The van der Waals surface area contributed by atoms with Gasteiger partial charge in [0.1, 0.15) is 0 Å². The zero-order valence-electron chi connectivity index (χ0n) is 7.65. The molecule has 2 saturated heterocycles. The second-order valence-corrected chi connectivity index (χ2v) is 3.69. The van der Waals surface area contributed by atoms with Crippen LogP contribution in [0.5, 0.6) is 0 Å². The van der Waals surface area contributed by atoms with E-state index in [0.29, 0.717) is 12.6 Å². The fraction of sp³-hybridized carbons (Fsp3) is 0.875. The number of nitrogens with zero attached hydrogens (tertiary/aromatic N) is 2. The van der Waals surface area contributed by atoms with Crippen molar-refractivity contribution in [3.8, 4) is 0 Å². The van der Waals surface area contributed by atoms with Gasteiger partial charge < -0.3 is 9.64 Å². The maximum Gasteiger partial charge on any atom is 0.238 e. The van der Waals surface area contributed by atoms with Gasteiger partial charge in [0, 0.05) is 13.1 Å². The Bertz CT molecular complexity index is 217. The Morgan fingerprint density at radius 2 is 2.17 bits per heavy atom. The van der Waals surface area contributed by atoms with Gasteiger partial charge in [0.25, 0.3) is 0 Å². The van der Waals surface area contributed by atoms with Gasteiger partial charge in [-0.25, -0.2) is 0 Å². The Kier molecular flexibility index (Phi) is 1.63. The molecule has 2 atom stereocenters. The lowest BCUT2D eigenvalue weighted by Gasteiger charge is -2.30. The molecular weight excluding hydrogens is 156 g/mol. The summed E-state index contributed by atoms with van der Waals surface area (Å²) in [5.41, 5.74) is 0. The Morgan fingerprint density at radius 1 is 1.50 bits per heavy atom. The van der Waals surface area contributed by atoms with Gasteiger partial charge in [0.15, 0.2) is 12.5 Å². The minimum Gasteiger partial charge on any atom is -0.331 e. The number of ether oxygens (including phenoxy) is 1. The van der Waals surface area contributed by atoms with Crippen LogP contribution in [0.1, 0.15) is 13.8 Å². The highest BCUT2D eigenvalue weighted by Gasteiger charge is 2.53. The third kappa shape index (κ3) is 1.03. The smallest absolute Gasteiger partial charge is 0.238 e. The molecule has 2 heterocycles. The average molecular weight is 170 g/mol. The summed E-state index contributed by atoms with van der Waals surface area (Å²) >= 11 is 0. The molecule has 4 heteroatoms. The summed E-state index contributed by atoms with van der Waals surface area (Å²) in [4.78, 5) is 15.1. The van der Waals surface area contributed by atoms with Crippen molar-refractivity contribution in [1.82, 2.24) is 9.80 Å². The van der Waals surface area contributed by atoms with Crippen LogP contribution in [-0.2, 0) is 9.53 Å². The number of carbonyl (C=O) groups is 1. The van der Waals surface area contributed by atoms with Gasteiger partial charge in [0.2, 0.25) is 5.91 Å². The van der Waals surface area contributed by atoms with Crippen LogP contribution in [0.2, 0.25) is 0 Å². The fourth-order valence-corrected chi connectivity index (χ4v) is 1.60. The van der Waals surface area contributed by atoms with Crippen LogP contribution in [0.3, 0.4) is 0 Å². The predicted octanol–water partition coefficient (Wildman–Crippen LogP) is -0.149. The summed E-state index contributed by atoms with van der Waals surface area (Å²) in [6, 6.07) is 0.387. The molecule has 2 rings (SSSR count). The van der Waals surface area contributed by atoms with Crippen LogP contribution in [0.15, 0.2) is 0 Å². The maximum absolute atomic E-state index is 11.4. The minimum atomic E-state index is 0.0219. The number of fused-ring (bicyclic) bond motifs is 1. The Balaban J connectivity index is 2.09. The molecule has 12 heavy (non-hydrogen) atoms. The molecule has 1 amide bonds. The van der Waals surface area contributed by atoms with Crippen LogP contribution in [0.25, 0.3) is 0 Å². The Hall–Kier alpha value is -0.610. The van der Waals surface area contributed by atoms with Crippen LogP contribution in [-0.4, -0.2) is 47.8 Å². The molecule has 68 valence electrons. The summed E-state index contributed by atoms with van der Waals surface area (Å²) in [5, 5.41) is 0. The second-order valence-electron chi connectivity index (χ2n) is 3.69. The number of hydrogen-bond acceptors (Lipinski definition) is 3. The zero-order valence-corrected chi connectivity index (χ0v) is 7.65. The molecule has 2 aliphatic heterocycles. The first-order valence-electron chi connectivity index (χ1n) is 4.28. The van der Waals surface area contributed by atoms with E-state index in [0.717, 1.165) is 0 Å². The monoisotopic (exact) mass is 170 g/mol. The molecule has 2 unspecified atom stereocenters. The maximum atomic E-state index is 11.4. The molecular formula is C8H14N2O2. The zero-order chi connectivity index (χ0) is 8.88. The molecule has 0 aromatic heterocycles. The number of likely N-dealkylation sites (N-methyl/N-ethyl adjacent to an activating group) is 1. The van der Waals surface area contributed by atoms with Crippen molar-refractivity contribution >= 4 is 5.91 Å². The Morgan fingerprint density at radius 3 is 2.75 bits per heavy atom. The quantitative estimate of drug-likeness (QED) is 0.513. The number of amides is 1. The standard InChI is InChI=1S/C8H14N2O2/c1-5(2)10-4-6(11)9(3)7-8(10)12-7/h5,7-8H,4H2,1-3H3. The van der Waals surface area contributed by atoms with Gasteiger partial charge in [-0.2, -0.15) is 0 Å². The van der Waals surface area contributed by atoms with Crippen molar-refractivity contribution in [3.05, 3.63) is 0 Å². The number of hydrogen-bond donors (Lipinski definition) is 0. The highest BCUT2D eigenvalue weighted by Crippen LogP contribution is 2.33. The van der Waals surface area contributed by atoms with Crippen molar-refractivity contribution in [3.63, 3.8) is 0 Å². The van der Waals surface area contributed by atoms with E-state index >= 15 is 0 Å². The van der Waals surface area contributed by atoms with Gasteiger partial charge in [-0.05, 0) is 13.8 Å². The highest BCUT2D eigenvalue weighted by molar-refractivity contribution is 5.79. The molecule has 0 saturated carbocycles. The van der Waals surface area contributed by atoms with E-state index in [4.69, 9.17) is 4.74 Å². The van der Waals surface area contributed by atoms with E-state index in [9.17, 15) is 4.79 Å². The van der Waals surface area contributed by atoms with Gasteiger partial charge in [-0.15, -0.1) is 0 Å². The molecule has 0 aromatic rings. The molecule has 4 nitrogen and oxygen atoms in total. The highest BCUT2D eigenvalue weighted by atomic mass is 16.6. The number of carbonyl (C=O) groups excluding carboxylic acids is 1. The molecule has 0 aliphatic carbocycles. The van der Waals surface area contributed by atoms with Crippen molar-refractivity contribution < 1.29 is 9.53 Å². The first kappa shape index (κ1) is 8.01. The third-order valence-corrected chi connectivity index (χ3v) is 2.53. The van der Waals surface area contributed by atoms with E-state index < -0.39 is 0 Å². The van der Waals surface area contributed by atoms with Crippen molar-refractivity contribution in [2.24, 2.45) is 0 Å². The third-order valence-electron chi connectivity index (χ3n) is 2.53. The van der Waals surface area contributed by atoms with Crippen LogP contribution >= 0.6 is 0 Å². The van der Waals surface area contributed by atoms with E-state index in [1.54, 1.807) is 11.9 Å². The first-order chi connectivity index (χ1) is 5.61. The molecule has 0 radical (unpaired) electrons. The summed E-state index contributed by atoms with van der Waals surface area (Å²) in [6.07, 6.45) is 0.182. The fourth-order valence-electron chi connectivity index (χ4n) is 1.60. The second kappa shape index (κ2) is 2.44. The number of rotatable bonds is 1. The van der Waals surface area contributed by atoms with Crippen molar-refractivity contribution in [1.29, 1.82) is 0 Å². The topological polar surface area (TPSA) is 36.1 Å². The van der Waals surface area contributed by atoms with Crippen LogP contribution in [0.4, 0.5) is 0 Å². The van der Waals surface area contributed by atoms with Crippen LogP contribution < -0.4 is 0 Å². The normalized spacial score (nSPS) is 35.7. The lowest BCUT2D eigenvalue weighted by molar-refractivity contribution is -0.135. The molecule has 2 fully saturated rings. The SMILES string of the molecule is CC(C)N1CC(=O)N(C)C2OC21. The summed E-state index contributed by atoms with van der Waals surface area (Å²) in [5.74, 6) is 0.155. The summed E-state index contributed by atoms with van der Waals surface area (Å²) in [6.45, 7) is 4.66. The molecule has 0 bridgehead atoms. The van der Waals surface area contributed by atoms with Crippen molar-refractivity contribution in [2.75, 3.05) is 13.6 Å². The number of epoxide rings is 1. The van der Waals surface area contributed by atoms with Crippen LogP contribution in [0, 0.1) is 0 Å². The summed E-state index contributed by atoms with van der Waals surface area (Å²) < 4.78 is 5.37. The van der Waals surface area contributed by atoms with Gasteiger partial charge in [-0.3, -0.25) is 9.69 Å². The van der Waals surface area contributed by atoms with Gasteiger partial charge >= 0.3 is 0 Å². The van der Waals surface area contributed by atoms with Gasteiger partial charge in [0.05, 0.1) is 6.54 Å². The Labute approximate surface area is 72.1 Å². The van der Waals surface area contributed by atoms with E-state index in [1.165, 1.54) is 0 Å². The van der Waals surface area contributed by atoms with E-state index in [2.05, 4.69) is 18.7 Å². The minimum absolute atomic E-state index is 0.0219. The van der Waals surface area contributed by atoms with E-state index in [-0.39, 0.29) is 18.4 Å². The lowest BCUT2D eigenvalue weighted by atomic mass is 10.2. The molecule has 0 N–H and O–H groups in total. The first-order valence-corrected chi connectivity index (χ1v) is 4.28. The average Bonchev–Trinajstić information content (AvgIpc) is 2.75. The summed E-state index contributed by atoms with van der Waals surface area (Å²) in [7, 11) is 1.80. The molecule has 0 aromatic carbocycles. The van der Waals surface area contributed by atoms with Gasteiger partial charge in [-0.1, -0.05) is 0 Å². The van der Waals surface area contributed by atoms with E-state index in [1.807, 2.05) is 0 Å². The predicted molar refractivity (Wildman–Crippen MR) is 43.3 cm³/mol. The molecule has 2 aliphatic rings. The molecule has 0 spiro atoms. The largest absolute Gasteiger partial charge is 0.331 e. The number of piperazine rings is 1.